The van der Waals surface area contributed by atoms with E-state index in [1.54, 1.807) is 10.6 Å². The molecule has 4 rings (SSSR count). The van der Waals surface area contributed by atoms with E-state index in [2.05, 4.69) is 10.3 Å². The van der Waals surface area contributed by atoms with E-state index >= 15 is 0 Å². The van der Waals surface area contributed by atoms with Crippen molar-refractivity contribution in [3.05, 3.63) is 54.4 Å². The van der Waals surface area contributed by atoms with Gasteiger partial charge in [0.25, 0.3) is 0 Å². The molecule has 1 N–H and O–H groups in total. The van der Waals surface area contributed by atoms with Crippen LogP contribution in [0.2, 0.25) is 0 Å². The van der Waals surface area contributed by atoms with Crippen molar-refractivity contribution in [2.75, 3.05) is 11.6 Å². The first-order chi connectivity index (χ1) is 14.4. The lowest BCUT2D eigenvalue weighted by Gasteiger charge is -2.14. The molecule has 7 nitrogen and oxygen atoms in total. The number of para-hydroxylation sites is 2. The van der Waals surface area contributed by atoms with Gasteiger partial charge >= 0.3 is 0 Å². The van der Waals surface area contributed by atoms with Crippen molar-refractivity contribution in [2.45, 2.75) is 44.1 Å². The molecule has 1 aliphatic carbocycles. The summed E-state index contributed by atoms with van der Waals surface area (Å²) in [6.07, 6.45) is 5.91. The van der Waals surface area contributed by atoms with Gasteiger partial charge in [-0.3, -0.25) is 4.79 Å². The van der Waals surface area contributed by atoms with Crippen LogP contribution in [0.3, 0.4) is 0 Å². The maximum Gasteiger partial charge on any atom is 0.244 e. The standard InChI is InChI=1S/C22H25N3O4S/c1-30(27,28)15-21-24-19-11-4-5-12-20(19)25(21)14-22(26)23-16-7-6-10-18(13-16)29-17-8-2-3-9-17/h4-7,10-13,17H,2-3,8-9,14-15H2,1H3,(H,23,26). The van der Waals surface area contributed by atoms with E-state index in [-0.39, 0.29) is 24.3 Å². The molecule has 0 atom stereocenters. The summed E-state index contributed by atoms with van der Waals surface area (Å²) in [6.45, 7) is -0.0287. The molecule has 0 saturated heterocycles. The summed E-state index contributed by atoms with van der Waals surface area (Å²) < 4.78 is 31.3. The summed E-state index contributed by atoms with van der Waals surface area (Å²) in [5.41, 5.74) is 2.03. The van der Waals surface area contributed by atoms with Crippen LogP contribution in [0, 0.1) is 0 Å². The number of hydrogen-bond acceptors (Lipinski definition) is 5. The van der Waals surface area contributed by atoms with Crippen LogP contribution in [-0.2, 0) is 26.9 Å². The largest absolute Gasteiger partial charge is 0.490 e. The van der Waals surface area contributed by atoms with E-state index < -0.39 is 9.84 Å². The number of carbonyl (C=O) groups is 1. The summed E-state index contributed by atoms with van der Waals surface area (Å²) in [7, 11) is -3.29. The third-order valence-electron chi connectivity index (χ3n) is 5.15. The van der Waals surface area contributed by atoms with Gasteiger partial charge in [-0.05, 0) is 49.9 Å². The Hall–Kier alpha value is -2.87. The number of amides is 1. The highest BCUT2D eigenvalue weighted by atomic mass is 32.2. The zero-order valence-electron chi connectivity index (χ0n) is 16.9. The van der Waals surface area contributed by atoms with E-state index in [4.69, 9.17) is 4.74 Å². The van der Waals surface area contributed by atoms with Gasteiger partial charge in [0.1, 0.15) is 23.9 Å². The normalized spacial score (nSPS) is 14.8. The van der Waals surface area contributed by atoms with E-state index in [1.165, 1.54) is 12.8 Å². The Labute approximate surface area is 176 Å². The second-order valence-electron chi connectivity index (χ2n) is 7.77. The zero-order chi connectivity index (χ0) is 21.1. The van der Waals surface area contributed by atoms with Gasteiger partial charge in [0.2, 0.25) is 5.91 Å². The molecule has 30 heavy (non-hydrogen) atoms. The van der Waals surface area contributed by atoms with Gasteiger partial charge < -0.3 is 14.6 Å². The number of sulfone groups is 1. The number of nitrogens with zero attached hydrogens (tertiary/aromatic N) is 2. The van der Waals surface area contributed by atoms with Gasteiger partial charge in [-0.15, -0.1) is 0 Å². The maximum absolute atomic E-state index is 12.7. The molecule has 1 amide bonds. The van der Waals surface area contributed by atoms with E-state index in [0.29, 0.717) is 17.0 Å². The van der Waals surface area contributed by atoms with Crippen molar-refractivity contribution < 1.29 is 17.9 Å². The van der Waals surface area contributed by atoms with Crippen molar-refractivity contribution in [3.8, 4) is 5.75 Å². The van der Waals surface area contributed by atoms with Crippen LogP contribution in [0.5, 0.6) is 5.75 Å². The first kappa shape index (κ1) is 20.4. The molecule has 0 spiro atoms. The molecular formula is C22H25N3O4S. The van der Waals surface area contributed by atoms with E-state index in [1.807, 2.05) is 42.5 Å². The number of nitrogens with one attached hydrogen (secondary N) is 1. The quantitative estimate of drug-likeness (QED) is 0.623. The predicted octanol–water partition coefficient (Wildman–Crippen LogP) is 3.54. The Kier molecular flexibility index (Phi) is 5.76. The minimum atomic E-state index is -3.29. The number of aromatic nitrogens is 2. The molecule has 1 saturated carbocycles. The summed E-state index contributed by atoms with van der Waals surface area (Å²) in [6, 6.07) is 14.7. The number of imidazole rings is 1. The lowest BCUT2D eigenvalue weighted by Crippen LogP contribution is -2.21. The first-order valence-corrected chi connectivity index (χ1v) is 12.1. The molecule has 0 bridgehead atoms. The second-order valence-corrected chi connectivity index (χ2v) is 9.91. The molecule has 8 heteroatoms. The average Bonchev–Trinajstić information content (AvgIpc) is 3.29. The van der Waals surface area contributed by atoms with Gasteiger partial charge in [-0.2, -0.15) is 0 Å². The Balaban J connectivity index is 1.51. The van der Waals surface area contributed by atoms with Crippen LogP contribution in [0.1, 0.15) is 31.5 Å². The Morgan fingerprint density at radius 1 is 1.17 bits per heavy atom. The number of ether oxygens (including phenoxy) is 1. The number of fused-ring (bicyclic) bond motifs is 1. The number of benzene rings is 2. The molecule has 0 unspecified atom stereocenters. The molecular weight excluding hydrogens is 402 g/mol. The van der Waals surface area contributed by atoms with Crippen LogP contribution < -0.4 is 10.1 Å². The summed E-state index contributed by atoms with van der Waals surface area (Å²) in [4.78, 5) is 17.2. The highest BCUT2D eigenvalue weighted by Gasteiger charge is 2.18. The molecule has 1 aromatic heterocycles. The fraction of sp³-hybridized carbons (Fsp3) is 0.364. The lowest BCUT2D eigenvalue weighted by molar-refractivity contribution is -0.116. The average molecular weight is 428 g/mol. The lowest BCUT2D eigenvalue weighted by atomic mass is 10.2. The van der Waals surface area contributed by atoms with Crippen LogP contribution in [0.25, 0.3) is 11.0 Å². The van der Waals surface area contributed by atoms with Gasteiger partial charge in [-0.25, -0.2) is 13.4 Å². The highest BCUT2D eigenvalue weighted by molar-refractivity contribution is 7.89. The molecule has 2 aromatic carbocycles. The fourth-order valence-corrected chi connectivity index (χ4v) is 4.53. The Bertz CT molecular complexity index is 1160. The molecule has 0 aliphatic heterocycles. The number of carbonyl (C=O) groups excluding carboxylic acids is 1. The summed E-state index contributed by atoms with van der Waals surface area (Å²) in [5.74, 6) is 0.614. The Morgan fingerprint density at radius 2 is 1.93 bits per heavy atom. The SMILES string of the molecule is CS(=O)(=O)Cc1nc2ccccc2n1CC(=O)Nc1cccc(OC2CCCC2)c1. The van der Waals surface area contributed by atoms with Gasteiger partial charge in [0.15, 0.2) is 9.84 Å². The van der Waals surface area contributed by atoms with Gasteiger partial charge in [0, 0.05) is 18.0 Å². The summed E-state index contributed by atoms with van der Waals surface area (Å²) >= 11 is 0. The zero-order valence-corrected chi connectivity index (χ0v) is 17.7. The van der Waals surface area contributed by atoms with Gasteiger partial charge in [0.05, 0.1) is 17.1 Å². The monoisotopic (exact) mass is 427 g/mol. The minimum absolute atomic E-state index is 0.0287. The predicted molar refractivity (Wildman–Crippen MR) is 116 cm³/mol. The van der Waals surface area contributed by atoms with Crippen LogP contribution in [0.15, 0.2) is 48.5 Å². The first-order valence-electron chi connectivity index (χ1n) is 10.1. The maximum atomic E-state index is 12.7. The second kappa shape index (κ2) is 8.47. The van der Waals surface area contributed by atoms with Crippen molar-refractivity contribution in [1.29, 1.82) is 0 Å². The van der Waals surface area contributed by atoms with Gasteiger partial charge in [-0.1, -0.05) is 18.2 Å². The van der Waals surface area contributed by atoms with Crippen LogP contribution in [-0.4, -0.2) is 36.2 Å². The Morgan fingerprint density at radius 3 is 2.70 bits per heavy atom. The van der Waals surface area contributed by atoms with Crippen molar-refractivity contribution in [1.82, 2.24) is 9.55 Å². The molecule has 1 fully saturated rings. The smallest absolute Gasteiger partial charge is 0.244 e. The molecule has 0 radical (unpaired) electrons. The van der Waals surface area contributed by atoms with Crippen molar-refractivity contribution in [3.63, 3.8) is 0 Å². The molecule has 158 valence electrons. The number of hydrogen-bond donors (Lipinski definition) is 1. The third-order valence-corrected chi connectivity index (χ3v) is 5.93. The van der Waals surface area contributed by atoms with Crippen LogP contribution in [0.4, 0.5) is 5.69 Å². The van der Waals surface area contributed by atoms with Crippen LogP contribution >= 0.6 is 0 Å². The molecule has 1 heterocycles. The highest BCUT2D eigenvalue weighted by Crippen LogP contribution is 2.26. The third kappa shape index (κ3) is 4.99. The van der Waals surface area contributed by atoms with E-state index in [9.17, 15) is 13.2 Å². The fourth-order valence-electron chi connectivity index (χ4n) is 3.84. The van der Waals surface area contributed by atoms with Crippen molar-refractivity contribution >= 4 is 32.5 Å². The minimum Gasteiger partial charge on any atom is -0.490 e. The molecule has 1 aliphatic rings. The molecule has 3 aromatic rings. The topological polar surface area (TPSA) is 90.3 Å². The number of rotatable bonds is 7. The summed E-state index contributed by atoms with van der Waals surface area (Å²) in [5, 5.41) is 2.88. The van der Waals surface area contributed by atoms with Crippen molar-refractivity contribution in [2.24, 2.45) is 0 Å². The number of anilines is 1. The van der Waals surface area contributed by atoms with E-state index in [0.717, 1.165) is 30.4 Å².